The molecule has 0 saturated carbocycles. The predicted octanol–water partition coefficient (Wildman–Crippen LogP) is 1.91. The summed E-state index contributed by atoms with van der Waals surface area (Å²) in [5.74, 6) is -1.84. The lowest BCUT2D eigenvalue weighted by Crippen LogP contribution is -2.15. The summed E-state index contributed by atoms with van der Waals surface area (Å²) in [7, 11) is 0. The lowest BCUT2D eigenvalue weighted by Gasteiger charge is -2.11. The quantitative estimate of drug-likeness (QED) is 0.647. The number of nitro groups is 3. The number of nitro benzene ring substituents is 2. The van der Waals surface area contributed by atoms with Crippen LogP contribution in [0.15, 0.2) is 35.2 Å². The molecule has 1 aromatic carbocycles. The van der Waals surface area contributed by atoms with Gasteiger partial charge in [-0.15, -0.1) is 0 Å². The predicted molar refractivity (Wildman–Crippen MR) is 77.4 cm³/mol. The molecule has 0 heterocycles. The summed E-state index contributed by atoms with van der Waals surface area (Å²) in [5, 5.41) is 42.9. The number of rotatable bonds is 3. The Kier molecular flexibility index (Phi) is 3.01. The molecule has 2 aliphatic carbocycles. The summed E-state index contributed by atoms with van der Waals surface area (Å²) < 4.78 is 0. The minimum absolute atomic E-state index is 0.0725. The zero-order valence-corrected chi connectivity index (χ0v) is 11.5. The first kappa shape index (κ1) is 15.0. The summed E-state index contributed by atoms with van der Waals surface area (Å²) >= 11 is 0. The maximum atomic E-state index is 12.0. The molecule has 0 bridgehead atoms. The van der Waals surface area contributed by atoms with E-state index in [-0.39, 0.29) is 22.3 Å². The van der Waals surface area contributed by atoms with Gasteiger partial charge in [-0.05, 0) is 11.6 Å². The van der Waals surface area contributed by atoms with Gasteiger partial charge in [0.15, 0.2) is 5.76 Å². The molecule has 0 aromatic heterocycles. The Balaban J connectivity index is 2.43. The fourth-order valence-electron chi connectivity index (χ4n) is 2.63. The van der Waals surface area contributed by atoms with Crippen molar-refractivity contribution >= 4 is 28.8 Å². The molecule has 24 heavy (non-hydrogen) atoms. The van der Waals surface area contributed by atoms with Crippen LogP contribution in [0.4, 0.5) is 11.4 Å². The van der Waals surface area contributed by atoms with E-state index in [4.69, 9.17) is 0 Å². The fourth-order valence-corrected chi connectivity index (χ4v) is 2.63. The summed E-state index contributed by atoms with van der Waals surface area (Å²) in [6.45, 7) is 0. The number of nitrogens with zero attached hydrogens (tertiary/aromatic N) is 3. The number of hydrogen-bond acceptors (Lipinski definition) is 8. The van der Waals surface area contributed by atoms with Gasteiger partial charge in [0.05, 0.1) is 38.0 Å². The maximum Gasteiger partial charge on any atom is 0.284 e. The van der Waals surface area contributed by atoms with Crippen molar-refractivity contribution in [3.05, 3.63) is 76.7 Å². The van der Waals surface area contributed by atoms with E-state index in [1.807, 2.05) is 0 Å². The highest BCUT2D eigenvalue weighted by Gasteiger charge is 2.42. The fraction of sp³-hybridized carbons (Fsp3) is 0. The number of allylic oxidation sites excluding steroid dienone is 3. The van der Waals surface area contributed by atoms with Crippen molar-refractivity contribution in [1.82, 2.24) is 0 Å². The van der Waals surface area contributed by atoms with E-state index in [0.717, 1.165) is 12.1 Å². The number of hydrogen-bond donors (Lipinski definition) is 1. The second-order valence-electron chi connectivity index (χ2n) is 4.88. The molecule has 0 atom stereocenters. The van der Waals surface area contributed by atoms with Crippen LogP contribution in [0.2, 0.25) is 0 Å². The van der Waals surface area contributed by atoms with Crippen molar-refractivity contribution in [2.24, 2.45) is 0 Å². The molecule has 11 nitrogen and oxygen atoms in total. The summed E-state index contributed by atoms with van der Waals surface area (Å²) in [4.78, 5) is 42.7. The number of Topliss-reactive ketones (excluding diaryl/α,β-unsaturated/α-hetero) is 1. The van der Waals surface area contributed by atoms with Crippen molar-refractivity contribution in [3.8, 4) is 0 Å². The van der Waals surface area contributed by atoms with Gasteiger partial charge in [0.2, 0.25) is 5.78 Å². The third kappa shape index (κ3) is 1.95. The number of aliphatic hydroxyl groups excluding tert-OH is 1. The molecule has 0 radical (unpaired) electrons. The normalized spacial score (nSPS) is 15.4. The number of aliphatic hydroxyl groups is 1. The van der Waals surface area contributed by atoms with E-state index in [2.05, 4.69) is 0 Å². The standard InChI is InChI=1S/C13H5N3O8/c17-10-4-9(16(23)24)12-7(13(10)18)2-5-1-6(14(19)20)3-8(11(5)12)15(21)22/h1-4,17H. The second kappa shape index (κ2) is 4.81. The first-order chi connectivity index (χ1) is 11.2. The molecule has 2 aliphatic rings. The van der Waals surface area contributed by atoms with Crippen LogP contribution in [-0.2, 0) is 4.79 Å². The third-order valence-corrected chi connectivity index (χ3v) is 3.56. The highest BCUT2D eigenvalue weighted by molar-refractivity contribution is 6.26. The number of benzene rings is 1. The highest BCUT2D eigenvalue weighted by atomic mass is 16.6. The van der Waals surface area contributed by atoms with Crippen molar-refractivity contribution < 1.29 is 24.7 Å². The van der Waals surface area contributed by atoms with Crippen LogP contribution >= 0.6 is 0 Å². The van der Waals surface area contributed by atoms with Gasteiger partial charge >= 0.3 is 0 Å². The molecule has 11 heteroatoms. The van der Waals surface area contributed by atoms with Crippen molar-refractivity contribution in [2.75, 3.05) is 0 Å². The molecule has 0 fully saturated rings. The monoisotopic (exact) mass is 331 g/mol. The van der Waals surface area contributed by atoms with Crippen LogP contribution in [-0.4, -0.2) is 25.7 Å². The van der Waals surface area contributed by atoms with E-state index < -0.39 is 43.4 Å². The zero-order chi connectivity index (χ0) is 17.8. The molecule has 0 aliphatic heterocycles. The number of carbonyl (C=O) groups excluding carboxylic acids is 1. The van der Waals surface area contributed by atoms with E-state index in [9.17, 15) is 40.2 Å². The zero-order valence-electron chi connectivity index (χ0n) is 11.5. The minimum Gasteiger partial charge on any atom is -0.504 e. The average Bonchev–Trinajstić information content (AvgIpc) is 2.88. The topological polar surface area (TPSA) is 167 Å². The van der Waals surface area contributed by atoms with E-state index >= 15 is 0 Å². The van der Waals surface area contributed by atoms with Crippen molar-refractivity contribution in [3.63, 3.8) is 0 Å². The van der Waals surface area contributed by atoms with Crippen LogP contribution in [0.25, 0.3) is 11.6 Å². The van der Waals surface area contributed by atoms with Crippen LogP contribution in [0.3, 0.4) is 0 Å². The minimum atomic E-state index is -0.955. The number of carbonyl (C=O) groups is 1. The Morgan fingerprint density at radius 2 is 1.58 bits per heavy atom. The van der Waals surface area contributed by atoms with E-state index in [1.165, 1.54) is 0 Å². The number of ketones is 1. The Bertz CT molecular complexity index is 970. The van der Waals surface area contributed by atoms with Crippen molar-refractivity contribution in [2.45, 2.75) is 0 Å². The SMILES string of the molecule is O=C1C(O)=CC([N+](=O)[O-])=C2C1=Cc1cc([N+](=O)[O-])cc([N+](=O)[O-])c12. The third-order valence-electron chi connectivity index (χ3n) is 3.56. The first-order valence-electron chi connectivity index (χ1n) is 6.25. The smallest absolute Gasteiger partial charge is 0.284 e. The van der Waals surface area contributed by atoms with Gasteiger partial charge in [-0.2, -0.15) is 0 Å². The van der Waals surface area contributed by atoms with Gasteiger partial charge < -0.3 is 5.11 Å². The summed E-state index contributed by atoms with van der Waals surface area (Å²) in [5.41, 5.74) is -3.01. The highest BCUT2D eigenvalue weighted by Crippen LogP contribution is 2.47. The molecule has 1 aromatic rings. The van der Waals surface area contributed by atoms with Gasteiger partial charge in [-0.25, -0.2) is 0 Å². The van der Waals surface area contributed by atoms with Crippen LogP contribution in [0.5, 0.6) is 0 Å². The molecule has 0 spiro atoms. The Morgan fingerprint density at radius 3 is 2.12 bits per heavy atom. The van der Waals surface area contributed by atoms with Gasteiger partial charge in [0, 0.05) is 11.6 Å². The molecular weight excluding hydrogens is 326 g/mol. The number of fused-ring (bicyclic) bond motifs is 3. The molecule has 120 valence electrons. The Labute approximate surface area is 131 Å². The van der Waals surface area contributed by atoms with E-state index in [0.29, 0.717) is 12.1 Å². The number of non-ortho nitro benzene ring substituents is 1. The Morgan fingerprint density at radius 1 is 0.917 bits per heavy atom. The van der Waals surface area contributed by atoms with Gasteiger partial charge in [-0.3, -0.25) is 35.1 Å². The molecule has 1 N–H and O–H groups in total. The largest absolute Gasteiger partial charge is 0.504 e. The van der Waals surface area contributed by atoms with Gasteiger partial charge in [0.1, 0.15) is 0 Å². The van der Waals surface area contributed by atoms with Crippen LogP contribution in [0.1, 0.15) is 11.1 Å². The summed E-state index contributed by atoms with van der Waals surface area (Å²) in [6.07, 6.45) is 1.66. The lowest BCUT2D eigenvalue weighted by atomic mass is 9.92. The molecule has 0 saturated heterocycles. The van der Waals surface area contributed by atoms with Crippen molar-refractivity contribution in [1.29, 1.82) is 0 Å². The first-order valence-corrected chi connectivity index (χ1v) is 6.25. The molecule has 0 amide bonds. The average molecular weight is 331 g/mol. The molecule has 3 rings (SSSR count). The van der Waals surface area contributed by atoms with Gasteiger partial charge in [0.25, 0.3) is 17.1 Å². The van der Waals surface area contributed by atoms with Crippen LogP contribution < -0.4 is 0 Å². The molecule has 0 unspecified atom stereocenters. The van der Waals surface area contributed by atoms with E-state index in [1.54, 1.807) is 0 Å². The lowest BCUT2D eigenvalue weighted by molar-refractivity contribution is -0.418. The second-order valence-corrected chi connectivity index (χ2v) is 4.88. The maximum absolute atomic E-state index is 12.0. The Hall–Kier alpha value is -3.89. The van der Waals surface area contributed by atoms with Gasteiger partial charge in [-0.1, -0.05) is 0 Å². The summed E-state index contributed by atoms with van der Waals surface area (Å²) in [6, 6.07) is 1.64. The molecular formula is C13H5N3O8. The van der Waals surface area contributed by atoms with Crippen LogP contribution in [0, 0.1) is 30.3 Å².